The number of nitrogens with zero attached hydrogens (tertiary/aromatic N) is 2. The maximum Gasteiger partial charge on any atom is 0.129 e. The van der Waals surface area contributed by atoms with Crippen LogP contribution in [0.25, 0.3) is 0 Å². The Hall–Kier alpha value is -1.81. The monoisotopic (exact) mass is 272 g/mol. The number of fused-ring (bicyclic) bond motifs is 1. The number of aromatic nitrogens is 2. The van der Waals surface area contributed by atoms with Crippen molar-refractivity contribution in [2.45, 2.75) is 44.9 Å². The van der Waals surface area contributed by atoms with Crippen molar-refractivity contribution in [3.63, 3.8) is 0 Å². The lowest BCUT2D eigenvalue weighted by Crippen LogP contribution is -2.32. The highest BCUT2D eigenvalue weighted by atomic mass is 16.5. The Morgan fingerprint density at radius 2 is 2.15 bits per heavy atom. The molecule has 3 rings (SSSR count). The minimum Gasteiger partial charge on any atom is -0.487 e. The molecule has 1 aromatic heterocycles. The van der Waals surface area contributed by atoms with Gasteiger partial charge in [-0.2, -0.15) is 5.10 Å². The summed E-state index contributed by atoms with van der Waals surface area (Å²) in [5, 5.41) is 14.8. The molecule has 1 N–H and O–H groups in total. The second-order valence-corrected chi connectivity index (χ2v) is 5.62. The summed E-state index contributed by atoms with van der Waals surface area (Å²) in [7, 11) is 0. The maximum atomic E-state index is 10.3. The van der Waals surface area contributed by atoms with E-state index >= 15 is 0 Å². The zero-order valence-electron chi connectivity index (χ0n) is 11.9. The molecule has 0 aliphatic carbocycles. The van der Waals surface area contributed by atoms with E-state index in [4.69, 9.17) is 4.74 Å². The molecule has 0 fully saturated rings. The molecule has 1 aliphatic rings. The van der Waals surface area contributed by atoms with Crippen LogP contribution in [0.5, 0.6) is 5.75 Å². The third-order valence-corrected chi connectivity index (χ3v) is 3.71. The van der Waals surface area contributed by atoms with Gasteiger partial charge in [0.25, 0.3) is 0 Å². The van der Waals surface area contributed by atoms with Crippen LogP contribution in [-0.2, 0) is 12.8 Å². The zero-order chi connectivity index (χ0) is 14.1. The van der Waals surface area contributed by atoms with Gasteiger partial charge in [-0.1, -0.05) is 18.2 Å². The van der Waals surface area contributed by atoms with Gasteiger partial charge in [-0.05, 0) is 31.5 Å². The molecule has 4 heteroatoms. The fourth-order valence-electron chi connectivity index (χ4n) is 2.54. The summed E-state index contributed by atoms with van der Waals surface area (Å²) in [5.74, 6) is 0.893. The molecule has 1 aliphatic heterocycles. The lowest BCUT2D eigenvalue weighted by Gasteiger charge is -2.17. The molecule has 0 bridgehead atoms. The largest absolute Gasteiger partial charge is 0.487 e. The number of rotatable bonds is 4. The average molecular weight is 272 g/mol. The third-order valence-electron chi connectivity index (χ3n) is 3.71. The quantitative estimate of drug-likeness (QED) is 0.929. The lowest BCUT2D eigenvalue weighted by molar-refractivity contribution is 0.0495. The van der Waals surface area contributed by atoms with Crippen molar-refractivity contribution < 1.29 is 9.84 Å². The molecule has 0 radical (unpaired) electrons. The first-order valence-corrected chi connectivity index (χ1v) is 7.10. The molecule has 0 saturated heterocycles. The van der Waals surface area contributed by atoms with Crippen molar-refractivity contribution in [1.29, 1.82) is 0 Å². The second-order valence-electron chi connectivity index (χ2n) is 5.62. The Labute approximate surface area is 119 Å². The van der Waals surface area contributed by atoms with Crippen LogP contribution in [0.4, 0.5) is 0 Å². The van der Waals surface area contributed by atoms with E-state index in [9.17, 15) is 5.11 Å². The van der Waals surface area contributed by atoms with E-state index in [1.807, 2.05) is 35.1 Å². The van der Waals surface area contributed by atoms with Crippen molar-refractivity contribution in [3.05, 3.63) is 47.8 Å². The van der Waals surface area contributed by atoms with E-state index in [-0.39, 0.29) is 6.10 Å². The molecule has 0 saturated carbocycles. The fourth-order valence-corrected chi connectivity index (χ4v) is 2.54. The minimum atomic E-state index is -0.530. The highest BCUT2D eigenvalue weighted by Gasteiger charge is 2.29. The van der Waals surface area contributed by atoms with Crippen LogP contribution in [0, 0.1) is 0 Å². The summed E-state index contributed by atoms with van der Waals surface area (Å²) >= 11 is 0. The number of ether oxygens (including phenoxy) is 1. The number of hydrogen-bond acceptors (Lipinski definition) is 3. The van der Waals surface area contributed by atoms with Gasteiger partial charge in [0.05, 0.1) is 11.8 Å². The first kappa shape index (κ1) is 13.2. The topological polar surface area (TPSA) is 47.3 Å². The first-order chi connectivity index (χ1) is 9.63. The van der Waals surface area contributed by atoms with E-state index in [2.05, 4.69) is 25.0 Å². The molecule has 0 spiro atoms. The Morgan fingerprint density at radius 1 is 1.35 bits per heavy atom. The van der Waals surface area contributed by atoms with Crippen LogP contribution in [0.3, 0.4) is 0 Å². The fraction of sp³-hybridized carbons (Fsp3) is 0.438. The summed E-state index contributed by atoms with van der Waals surface area (Å²) in [6.07, 6.45) is 2.55. The summed E-state index contributed by atoms with van der Waals surface area (Å²) in [5.41, 5.74) is 2.08. The number of benzene rings is 1. The second kappa shape index (κ2) is 5.29. The smallest absolute Gasteiger partial charge is 0.129 e. The molecular weight excluding hydrogens is 252 g/mol. The molecule has 106 valence electrons. The minimum absolute atomic E-state index is 0.170. The van der Waals surface area contributed by atoms with E-state index in [1.165, 1.54) is 5.56 Å². The van der Waals surface area contributed by atoms with Gasteiger partial charge in [0.15, 0.2) is 0 Å². The SMILES string of the molecule is CC(C)n1ccc(CC(O)C2Cc3ccccc3O2)n1. The van der Waals surface area contributed by atoms with Crippen LogP contribution in [0.15, 0.2) is 36.5 Å². The molecule has 2 unspecified atom stereocenters. The van der Waals surface area contributed by atoms with Crippen LogP contribution in [0.1, 0.15) is 31.1 Å². The van der Waals surface area contributed by atoms with Gasteiger partial charge in [0.2, 0.25) is 0 Å². The normalized spacial score (nSPS) is 18.9. The Kier molecular flexibility index (Phi) is 3.49. The molecule has 2 aromatic rings. The van der Waals surface area contributed by atoms with Gasteiger partial charge in [-0.3, -0.25) is 4.68 Å². The highest BCUT2D eigenvalue weighted by molar-refractivity contribution is 5.37. The van der Waals surface area contributed by atoms with Crippen LogP contribution in [0.2, 0.25) is 0 Å². The van der Waals surface area contributed by atoms with Gasteiger partial charge in [-0.15, -0.1) is 0 Å². The third kappa shape index (κ3) is 2.56. The summed E-state index contributed by atoms with van der Waals surface area (Å²) < 4.78 is 7.72. The van der Waals surface area contributed by atoms with Crippen LogP contribution < -0.4 is 4.74 Å². The Morgan fingerprint density at radius 3 is 2.85 bits per heavy atom. The number of para-hydroxylation sites is 1. The van der Waals surface area contributed by atoms with Crippen molar-refractivity contribution >= 4 is 0 Å². The van der Waals surface area contributed by atoms with Gasteiger partial charge in [0, 0.05) is 25.1 Å². The van der Waals surface area contributed by atoms with Crippen LogP contribution >= 0.6 is 0 Å². The van der Waals surface area contributed by atoms with Crippen molar-refractivity contribution in [2.24, 2.45) is 0 Å². The van der Waals surface area contributed by atoms with Crippen molar-refractivity contribution in [3.8, 4) is 5.75 Å². The predicted octanol–water partition coefficient (Wildman–Crippen LogP) is 2.37. The van der Waals surface area contributed by atoms with E-state index in [1.54, 1.807) is 0 Å². The van der Waals surface area contributed by atoms with Gasteiger partial charge in [-0.25, -0.2) is 0 Å². The van der Waals surface area contributed by atoms with Gasteiger partial charge in [0.1, 0.15) is 11.9 Å². The maximum absolute atomic E-state index is 10.3. The zero-order valence-corrected chi connectivity index (χ0v) is 11.9. The predicted molar refractivity (Wildman–Crippen MR) is 76.9 cm³/mol. The first-order valence-electron chi connectivity index (χ1n) is 7.10. The average Bonchev–Trinajstić information content (AvgIpc) is 3.04. The van der Waals surface area contributed by atoms with Gasteiger partial charge >= 0.3 is 0 Å². The van der Waals surface area contributed by atoms with Crippen molar-refractivity contribution in [1.82, 2.24) is 9.78 Å². The molecule has 1 aromatic carbocycles. The van der Waals surface area contributed by atoms with E-state index < -0.39 is 6.10 Å². The molecule has 0 amide bonds. The highest BCUT2D eigenvalue weighted by Crippen LogP contribution is 2.30. The van der Waals surface area contributed by atoms with Crippen LogP contribution in [-0.4, -0.2) is 27.1 Å². The molecular formula is C16H20N2O2. The van der Waals surface area contributed by atoms with E-state index in [0.29, 0.717) is 12.5 Å². The summed E-state index contributed by atoms with van der Waals surface area (Å²) in [4.78, 5) is 0. The lowest BCUT2D eigenvalue weighted by atomic mass is 10.0. The van der Waals surface area contributed by atoms with Crippen molar-refractivity contribution in [2.75, 3.05) is 0 Å². The molecule has 4 nitrogen and oxygen atoms in total. The Balaban J connectivity index is 1.64. The molecule has 2 atom stereocenters. The standard InChI is InChI=1S/C16H20N2O2/c1-11(2)18-8-7-13(17-18)10-14(19)16-9-12-5-3-4-6-15(12)20-16/h3-8,11,14,16,19H,9-10H2,1-2H3. The number of aliphatic hydroxyl groups is 1. The summed E-state index contributed by atoms with van der Waals surface area (Å²) in [6, 6.07) is 10.3. The molecule has 2 heterocycles. The number of aliphatic hydroxyl groups excluding tert-OH is 1. The number of hydrogen-bond donors (Lipinski definition) is 1. The summed E-state index contributed by atoms with van der Waals surface area (Å²) in [6.45, 7) is 4.17. The molecule has 20 heavy (non-hydrogen) atoms. The Bertz CT molecular complexity index is 567. The van der Waals surface area contributed by atoms with E-state index in [0.717, 1.165) is 17.9 Å². The van der Waals surface area contributed by atoms with Gasteiger partial charge < -0.3 is 9.84 Å².